The van der Waals surface area contributed by atoms with Gasteiger partial charge in [-0.3, -0.25) is 9.59 Å². The monoisotopic (exact) mass is 350 g/mol. The molecule has 5 heteroatoms. The van der Waals surface area contributed by atoms with E-state index in [2.05, 4.69) is 34.3 Å². The van der Waals surface area contributed by atoms with Crippen LogP contribution in [0.3, 0.4) is 0 Å². The van der Waals surface area contributed by atoms with Crippen molar-refractivity contribution in [2.75, 3.05) is 13.7 Å². The molecule has 0 spiro atoms. The third-order valence-electron chi connectivity index (χ3n) is 4.43. The molecule has 0 saturated carbocycles. The van der Waals surface area contributed by atoms with E-state index < -0.39 is 0 Å². The predicted octanol–water partition coefficient (Wildman–Crippen LogP) is 3.30. The lowest BCUT2D eigenvalue weighted by Crippen LogP contribution is -2.29. The van der Waals surface area contributed by atoms with Gasteiger partial charge in [0.15, 0.2) is 0 Å². The van der Waals surface area contributed by atoms with Gasteiger partial charge in [-0.05, 0) is 28.5 Å². The van der Waals surface area contributed by atoms with E-state index in [0.717, 1.165) is 16.3 Å². The second-order valence-electron chi connectivity index (χ2n) is 6.09. The fourth-order valence-electron chi connectivity index (χ4n) is 3.13. The van der Waals surface area contributed by atoms with Crippen molar-refractivity contribution in [3.8, 4) is 0 Å². The minimum absolute atomic E-state index is 0.0967. The normalized spacial score (nSPS) is 11.9. The van der Waals surface area contributed by atoms with Gasteiger partial charge in [0.05, 0.1) is 26.0 Å². The lowest BCUT2D eigenvalue weighted by Gasteiger charge is -2.21. The summed E-state index contributed by atoms with van der Waals surface area (Å²) in [7, 11) is 1.34. The average Bonchev–Trinajstić information content (AvgIpc) is 3.20. The molecule has 3 rings (SSSR count). The molecule has 0 bridgehead atoms. The molecule has 2 aromatic carbocycles. The number of rotatable bonds is 7. The highest BCUT2D eigenvalue weighted by atomic mass is 16.5. The van der Waals surface area contributed by atoms with Crippen LogP contribution in [0.4, 0.5) is 0 Å². The van der Waals surface area contributed by atoms with Crippen LogP contribution >= 0.6 is 0 Å². The first kappa shape index (κ1) is 17.7. The van der Waals surface area contributed by atoms with Gasteiger partial charge in [-0.1, -0.05) is 42.5 Å². The number of carbonyl (C=O) groups excluding carboxylic acids is 2. The molecule has 0 aliphatic carbocycles. The molecule has 5 nitrogen and oxygen atoms in total. The second kappa shape index (κ2) is 8.34. The van der Waals surface area contributed by atoms with Crippen LogP contribution in [0.5, 0.6) is 0 Å². The summed E-state index contributed by atoms with van der Waals surface area (Å²) >= 11 is 0. The van der Waals surface area contributed by atoms with Crippen molar-refractivity contribution in [1.82, 2.24) is 9.88 Å². The van der Waals surface area contributed by atoms with Gasteiger partial charge >= 0.3 is 5.97 Å². The van der Waals surface area contributed by atoms with Crippen LogP contribution in [-0.2, 0) is 14.3 Å². The van der Waals surface area contributed by atoms with E-state index in [-0.39, 0.29) is 30.9 Å². The average molecular weight is 350 g/mol. The number of hydrogen-bond acceptors (Lipinski definition) is 3. The molecule has 1 heterocycles. The van der Waals surface area contributed by atoms with Gasteiger partial charge in [-0.2, -0.15) is 0 Å². The Bertz CT molecular complexity index is 882. The SMILES string of the molecule is COC(=O)CCNC(=O)C[C@@H](c1cccc2ccccc12)n1cccc1. The van der Waals surface area contributed by atoms with Gasteiger partial charge in [-0.25, -0.2) is 0 Å². The summed E-state index contributed by atoms with van der Waals surface area (Å²) in [5, 5.41) is 5.09. The number of amides is 1. The summed E-state index contributed by atoms with van der Waals surface area (Å²) in [4.78, 5) is 23.6. The van der Waals surface area contributed by atoms with Gasteiger partial charge in [0.1, 0.15) is 0 Å². The summed E-state index contributed by atoms with van der Waals surface area (Å²) in [6.45, 7) is 0.277. The number of ether oxygens (including phenoxy) is 1. The summed E-state index contributed by atoms with van der Waals surface area (Å²) in [6.07, 6.45) is 4.40. The number of fused-ring (bicyclic) bond motifs is 1. The van der Waals surface area contributed by atoms with Gasteiger partial charge in [0, 0.05) is 18.9 Å². The summed E-state index contributed by atoms with van der Waals surface area (Å²) in [5.41, 5.74) is 1.10. The Balaban J connectivity index is 1.82. The number of benzene rings is 2. The summed E-state index contributed by atoms with van der Waals surface area (Å²) < 4.78 is 6.64. The number of methoxy groups -OCH3 is 1. The lowest BCUT2D eigenvalue weighted by molar-refractivity contribution is -0.140. The minimum Gasteiger partial charge on any atom is -0.469 e. The smallest absolute Gasteiger partial charge is 0.307 e. The van der Waals surface area contributed by atoms with Crippen LogP contribution in [0.15, 0.2) is 67.0 Å². The number of aromatic nitrogens is 1. The van der Waals surface area contributed by atoms with Crippen LogP contribution < -0.4 is 5.32 Å². The lowest BCUT2D eigenvalue weighted by atomic mass is 9.96. The van der Waals surface area contributed by atoms with Crippen LogP contribution in [-0.4, -0.2) is 30.1 Å². The van der Waals surface area contributed by atoms with Gasteiger partial charge in [0.25, 0.3) is 0 Å². The first-order chi connectivity index (χ1) is 12.7. The van der Waals surface area contributed by atoms with E-state index >= 15 is 0 Å². The molecular formula is C21H22N2O3. The Hall–Kier alpha value is -3.08. The molecule has 0 aliphatic heterocycles. The molecular weight excluding hydrogens is 328 g/mol. The zero-order valence-corrected chi connectivity index (χ0v) is 14.7. The first-order valence-electron chi connectivity index (χ1n) is 8.62. The van der Waals surface area contributed by atoms with Crippen LogP contribution in [0, 0.1) is 0 Å². The van der Waals surface area contributed by atoms with Crippen molar-refractivity contribution in [3.05, 3.63) is 72.6 Å². The van der Waals surface area contributed by atoms with Crippen molar-refractivity contribution < 1.29 is 14.3 Å². The quantitative estimate of drug-likeness (QED) is 0.665. The molecule has 0 unspecified atom stereocenters. The van der Waals surface area contributed by atoms with Crippen molar-refractivity contribution in [2.45, 2.75) is 18.9 Å². The van der Waals surface area contributed by atoms with E-state index in [0.29, 0.717) is 6.42 Å². The first-order valence-corrected chi connectivity index (χ1v) is 8.62. The molecule has 0 saturated heterocycles. The fourth-order valence-corrected chi connectivity index (χ4v) is 3.13. The molecule has 1 amide bonds. The highest BCUT2D eigenvalue weighted by molar-refractivity contribution is 5.87. The summed E-state index contributed by atoms with van der Waals surface area (Å²) in [5.74, 6) is -0.429. The van der Waals surface area contributed by atoms with Crippen molar-refractivity contribution >= 4 is 22.6 Å². The number of carbonyl (C=O) groups is 2. The molecule has 1 N–H and O–H groups in total. The second-order valence-corrected chi connectivity index (χ2v) is 6.09. The zero-order chi connectivity index (χ0) is 18.4. The third-order valence-corrected chi connectivity index (χ3v) is 4.43. The van der Waals surface area contributed by atoms with E-state index in [4.69, 9.17) is 0 Å². The highest BCUT2D eigenvalue weighted by Crippen LogP contribution is 2.29. The van der Waals surface area contributed by atoms with Crippen LogP contribution in [0.1, 0.15) is 24.4 Å². The summed E-state index contributed by atoms with van der Waals surface area (Å²) in [6, 6.07) is 18.1. The number of hydrogen-bond donors (Lipinski definition) is 1. The van der Waals surface area contributed by atoms with E-state index in [1.807, 2.05) is 47.3 Å². The topological polar surface area (TPSA) is 60.3 Å². The highest BCUT2D eigenvalue weighted by Gasteiger charge is 2.19. The molecule has 0 aliphatic rings. The van der Waals surface area contributed by atoms with Crippen molar-refractivity contribution in [3.63, 3.8) is 0 Å². The van der Waals surface area contributed by atoms with E-state index in [1.165, 1.54) is 7.11 Å². The zero-order valence-electron chi connectivity index (χ0n) is 14.7. The van der Waals surface area contributed by atoms with Crippen LogP contribution in [0.2, 0.25) is 0 Å². The molecule has 1 aromatic heterocycles. The number of esters is 1. The third kappa shape index (κ3) is 4.11. The molecule has 0 fully saturated rings. The standard InChI is InChI=1S/C21H22N2O3/c1-26-21(25)11-12-22-20(24)15-19(23-13-4-5-14-23)18-10-6-8-16-7-2-3-9-17(16)18/h2-10,13-14,19H,11-12,15H2,1H3,(H,22,24)/t19-/m0/s1. The largest absolute Gasteiger partial charge is 0.469 e. The Kier molecular flexibility index (Phi) is 5.69. The minimum atomic E-state index is -0.332. The van der Waals surface area contributed by atoms with Gasteiger partial charge in [-0.15, -0.1) is 0 Å². The molecule has 1 atom stereocenters. The molecule has 3 aromatic rings. The Morgan fingerprint density at radius 3 is 2.54 bits per heavy atom. The van der Waals surface area contributed by atoms with Gasteiger partial charge in [0.2, 0.25) is 5.91 Å². The maximum atomic E-state index is 12.5. The maximum Gasteiger partial charge on any atom is 0.307 e. The fraction of sp³-hybridized carbons (Fsp3) is 0.238. The van der Waals surface area contributed by atoms with E-state index in [1.54, 1.807) is 0 Å². The maximum absolute atomic E-state index is 12.5. The van der Waals surface area contributed by atoms with Crippen molar-refractivity contribution in [1.29, 1.82) is 0 Å². The predicted molar refractivity (Wildman–Crippen MR) is 101 cm³/mol. The van der Waals surface area contributed by atoms with E-state index in [9.17, 15) is 9.59 Å². The van der Waals surface area contributed by atoms with Crippen molar-refractivity contribution in [2.24, 2.45) is 0 Å². The van der Waals surface area contributed by atoms with Crippen LogP contribution in [0.25, 0.3) is 10.8 Å². The Morgan fingerprint density at radius 2 is 1.77 bits per heavy atom. The Labute approximate surface area is 152 Å². The van der Waals surface area contributed by atoms with Gasteiger partial charge < -0.3 is 14.6 Å². The number of nitrogens with zero attached hydrogens (tertiary/aromatic N) is 1. The molecule has 134 valence electrons. The molecule has 26 heavy (non-hydrogen) atoms. The molecule has 0 radical (unpaired) electrons. The number of nitrogens with one attached hydrogen (secondary N) is 1. The Morgan fingerprint density at radius 1 is 1.04 bits per heavy atom.